The number of hydrogen-bond acceptors (Lipinski definition) is 5. The van der Waals surface area contributed by atoms with E-state index >= 15 is 0 Å². The van der Waals surface area contributed by atoms with E-state index in [4.69, 9.17) is 19.3 Å². The number of hydrogen-bond donors (Lipinski definition) is 1. The Kier molecular flexibility index (Phi) is 5.83. The molecule has 0 saturated heterocycles. The van der Waals surface area contributed by atoms with Gasteiger partial charge in [-0.1, -0.05) is 0 Å². The van der Waals surface area contributed by atoms with E-state index in [2.05, 4.69) is 0 Å². The van der Waals surface area contributed by atoms with Gasteiger partial charge in [0.25, 0.3) is 5.91 Å². The summed E-state index contributed by atoms with van der Waals surface area (Å²) in [5, 5.41) is 8.67. The predicted molar refractivity (Wildman–Crippen MR) is 75.3 cm³/mol. The highest BCUT2D eigenvalue weighted by molar-refractivity contribution is 5.97. The van der Waals surface area contributed by atoms with Crippen molar-refractivity contribution < 1.29 is 28.9 Å². The molecule has 1 aromatic carbocycles. The van der Waals surface area contributed by atoms with Gasteiger partial charge in [0.1, 0.15) is 5.75 Å². The van der Waals surface area contributed by atoms with Gasteiger partial charge in [0.2, 0.25) is 0 Å². The van der Waals surface area contributed by atoms with Crippen LogP contribution in [-0.4, -0.2) is 56.8 Å². The van der Waals surface area contributed by atoms with Gasteiger partial charge < -0.3 is 24.2 Å². The highest BCUT2D eigenvalue weighted by atomic mass is 16.5. The lowest BCUT2D eigenvalue weighted by Gasteiger charge is -2.19. The van der Waals surface area contributed by atoms with E-state index < -0.39 is 5.97 Å². The SMILES string of the molecule is COc1cc(OC)c(C(=O)N(C)CCC(=O)O)cc1OC. The zero-order chi connectivity index (χ0) is 16.0. The molecule has 7 heteroatoms. The van der Waals surface area contributed by atoms with E-state index in [1.807, 2.05) is 0 Å². The average Bonchev–Trinajstić information content (AvgIpc) is 2.50. The molecule has 21 heavy (non-hydrogen) atoms. The Bertz CT molecular complexity index is 528. The molecule has 0 aliphatic heterocycles. The maximum atomic E-state index is 12.4. The molecule has 0 aliphatic rings. The first kappa shape index (κ1) is 16.6. The summed E-state index contributed by atoms with van der Waals surface area (Å²) in [5.74, 6) is -0.143. The third-order valence-corrected chi connectivity index (χ3v) is 2.94. The first-order valence-corrected chi connectivity index (χ1v) is 6.21. The van der Waals surface area contributed by atoms with Crippen LogP contribution in [0.1, 0.15) is 16.8 Å². The molecule has 0 saturated carbocycles. The summed E-state index contributed by atoms with van der Waals surface area (Å²) in [7, 11) is 5.92. The summed E-state index contributed by atoms with van der Waals surface area (Å²) in [4.78, 5) is 24.2. The quantitative estimate of drug-likeness (QED) is 0.815. The molecular weight excluding hydrogens is 278 g/mol. The summed E-state index contributed by atoms with van der Waals surface area (Å²) in [5.41, 5.74) is 0.281. The number of carboxylic acid groups (broad SMARTS) is 1. The van der Waals surface area contributed by atoms with Crippen molar-refractivity contribution in [2.45, 2.75) is 6.42 Å². The number of aliphatic carboxylic acids is 1. The molecule has 116 valence electrons. The largest absolute Gasteiger partial charge is 0.496 e. The topological polar surface area (TPSA) is 85.3 Å². The number of amides is 1. The maximum absolute atomic E-state index is 12.4. The summed E-state index contributed by atoms with van der Waals surface area (Å²) in [6.45, 7) is 0.103. The van der Waals surface area contributed by atoms with Crippen molar-refractivity contribution >= 4 is 11.9 Å². The molecule has 0 spiro atoms. The van der Waals surface area contributed by atoms with Crippen molar-refractivity contribution in [3.8, 4) is 17.2 Å². The molecule has 0 unspecified atom stereocenters. The van der Waals surface area contributed by atoms with Crippen molar-refractivity contribution in [2.75, 3.05) is 34.9 Å². The van der Waals surface area contributed by atoms with E-state index in [1.54, 1.807) is 6.07 Å². The Hall–Kier alpha value is -2.44. The van der Waals surface area contributed by atoms with Crippen LogP contribution in [0.2, 0.25) is 0 Å². The predicted octanol–water partition coefficient (Wildman–Crippen LogP) is 1.26. The monoisotopic (exact) mass is 297 g/mol. The van der Waals surface area contributed by atoms with Crippen LogP contribution in [0.25, 0.3) is 0 Å². The van der Waals surface area contributed by atoms with E-state index in [1.165, 1.54) is 39.3 Å². The molecule has 1 amide bonds. The minimum Gasteiger partial charge on any atom is -0.496 e. The molecule has 1 rings (SSSR count). The van der Waals surface area contributed by atoms with Gasteiger partial charge in [-0.25, -0.2) is 0 Å². The van der Waals surface area contributed by atoms with Crippen LogP contribution in [0.4, 0.5) is 0 Å². The van der Waals surface area contributed by atoms with Crippen molar-refractivity contribution in [1.82, 2.24) is 4.90 Å². The van der Waals surface area contributed by atoms with Crippen molar-refractivity contribution in [3.63, 3.8) is 0 Å². The average molecular weight is 297 g/mol. The Balaban J connectivity index is 3.09. The van der Waals surface area contributed by atoms with Gasteiger partial charge in [-0.2, -0.15) is 0 Å². The lowest BCUT2D eigenvalue weighted by atomic mass is 10.1. The minimum absolute atomic E-state index is 0.103. The molecule has 1 aromatic rings. The molecule has 0 aromatic heterocycles. The molecule has 0 aliphatic carbocycles. The van der Waals surface area contributed by atoms with E-state index in [9.17, 15) is 9.59 Å². The maximum Gasteiger partial charge on any atom is 0.305 e. The van der Waals surface area contributed by atoms with Crippen LogP contribution >= 0.6 is 0 Å². The Morgan fingerprint density at radius 3 is 2.05 bits per heavy atom. The van der Waals surface area contributed by atoms with Crippen LogP contribution < -0.4 is 14.2 Å². The van der Waals surface area contributed by atoms with Gasteiger partial charge in [-0.3, -0.25) is 9.59 Å². The van der Waals surface area contributed by atoms with Crippen molar-refractivity contribution in [3.05, 3.63) is 17.7 Å². The fourth-order valence-electron chi connectivity index (χ4n) is 1.77. The number of rotatable bonds is 7. The van der Waals surface area contributed by atoms with Crippen molar-refractivity contribution in [2.24, 2.45) is 0 Å². The summed E-state index contributed by atoms with van der Waals surface area (Å²) >= 11 is 0. The van der Waals surface area contributed by atoms with Crippen LogP contribution in [0, 0.1) is 0 Å². The molecule has 0 radical (unpaired) electrons. The minimum atomic E-state index is -0.964. The Morgan fingerprint density at radius 1 is 1.05 bits per heavy atom. The molecular formula is C14H19NO6. The fraction of sp³-hybridized carbons (Fsp3) is 0.429. The zero-order valence-electron chi connectivity index (χ0n) is 12.5. The second-order valence-electron chi connectivity index (χ2n) is 4.28. The summed E-state index contributed by atoms with van der Waals surface area (Å²) < 4.78 is 15.5. The molecule has 0 atom stereocenters. The van der Waals surface area contributed by atoms with Crippen LogP contribution in [0.3, 0.4) is 0 Å². The molecule has 0 heterocycles. The first-order valence-electron chi connectivity index (χ1n) is 6.21. The smallest absolute Gasteiger partial charge is 0.305 e. The number of ether oxygens (including phenoxy) is 3. The summed E-state index contributed by atoms with van der Waals surface area (Å²) in [6, 6.07) is 3.06. The molecule has 7 nitrogen and oxygen atoms in total. The van der Waals surface area contributed by atoms with Gasteiger partial charge in [0.05, 0.1) is 33.3 Å². The Morgan fingerprint density at radius 2 is 1.57 bits per heavy atom. The second kappa shape index (κ2) is 7.37. The second-order valence-corrected chi connectivity index (χ2v) is 4.28. The zero-order valence-corrected chi connectivity index (χ0v) is 12.5. The van der Waals surface area contributed by atoms with Gasteiger partial charge in [-0.05, 0) is 0 Å². The highest BCUT2D eigenvalue weighted by Gasteiger charge is 2.20. The van der Waals surface area contributed by atoms with Crippen LogP contribution in [0.5, 0.6) is 17.2 Å². The standard InChI is InChI=1S/C14H19NO6/c1-15(6-5-13(16)17)14(18)9-7-11(20-3)12(21-4)8-10(9)19-2/h7-8H,5-6H2,1-4H3,(H,16,17). The number of carboxylic acids is 1. The van der Waals surface area contributed by atoms with Gasteiger partial charge in [0, 0.05) is 25.7 Å². The number of carbonyl (C=O) groups is 2. The first-order chi connectivity index (χ1) is 9.94. The van der Waals surface area contributed by atoms with Crippen LogP contribution in [-0.2, 0) is 4.79 Å². The molecule has 1 N–H and O–H groups in total. The summed E-state index contributed by atoms with van der Waals surface area (Å²) in [6.07, 6.45) is -0.127. The molecule has 0 fully saturated rings. The van der Waals surface area contributed by atoms with E-state index in [-0.39, 0.29) is 24.4 Å². The lowest BCUT2D eigenvalue weighted by Crippen LogP contribution is -2.29. The third-order valence-electron chi connectivity index (χ3n) is 2.94. The van der Waals surface area contributed by atoms with Crippen molar-refractivity contribution in [1.29, 1.82) is 0 Å². The highest BCUT2D eigenvalue weighted by Crippen LogP contribution is 2.35. The normalized spacial score (nSPS) is 9.90. The van der Waals surface area contributed by atoms with Gasteiger partial charge in [-0.15, -0.1) is 0 Å². The number of methoxy groups -OCH3 is 3. The number of nitrogens with zero attached hydrogens (tertiary/aromatic N) is 1. The van der Waals surface area contributed by atoms with Gasteiger partial charge in [0.15, 0.2) is 11.5 Å². The number of benzene rings is 1. The van der Waals surface area contributed by atoms with E-state index in [0.29, 0.717) is 17.2 Å². The molecule has 0 bridgehead atoms. The lowest BCUT2D eigenvalue weighted by molar-refractivity contribution is -0.137. The van der Waals surface area contributed by atoms with Gasteiger partial charge >= 0.3 is 5.97 Å². The third kappa shape index (κ3) is 4.01. The van der Waals surface area contributed by atoms with Crippen LogP contribution in [0.15, 0.2) is 12.1 Å². The Labute approximate surface area is 123 Å². The fourth-order valence-corrected chi connectivity index (χ4v) is 1.77. The number of carbonyl (C=O) groups excluding carboxylic acids is 1. The van der Waals surface area contributed by atoms with E-state index in [0.717, 1.165) is 0 Å².